The predicted molar refractivity (Wildman–Crippen MR) is 196 cm³/mol. The molecule has 0 saturated heterocycles. The largest absolute Gasteiger partial charge is 0.396 e. The van der Waals surface area contributed by atoms with Crippen LogP contribution in [0.4, 0.5) is 5.69 Å². The number of benzene rings is 3. The van der Waals surface area contributed by atoms with E-state index >= 15 is 0 Å². The fourth-order valence-corrected chi connectivity index (χ4v) is 7.37. The molecular formula is C38H42N5O9P. The first-order chi connectivity index (χ1) is 25.2. The second kappa shape index (κ2) is 15.5. The van der Waals surface area contributed by atoms with Gasteiger partial charge in [-0.25, -0.2) is 0 Å². The van der Waals surface area contributed by atoms with Gasteiger partial charge in [-0.15, -0.1) is 0 Å². The Morgan fingerprint density at radius 2 is 1.77 bits per heavy atom. The summed E-state index contributed by atoms with van der Waals surface area (Å²) in [5, 5.41) is 6.16. The molecule has 0 aliphatic carbocycles. The Kier molecular flexibility index (Phi) is 11.0. The molecule has 4 aromatic rings. The van der Waals surface area contributed by atoms with Crippen LogP contribution in [0.1, 0.15) is 82.1 Å². The number of nitrogens with zero attached hydrogens (tertiary/aromatic N) is 1. The molecule has 53 heavy (non-hydrogen) atoms. The average Bonchev–Trinajstić information content (AvgIpc) is 3.70. The minimum Gasteiger partial charge on any atom is -0.375 e. The molecule has 7 N–H and O–H groups in total. The lowest BCUT2D eigenvalue weighted by molar-refractivity contribution is -0.127. The molecule has 2 aliphatic rings. The highest BCUT2D eigenvalue weighted by Gasteiger charge is 2.44. The summed E-state index contributed by atoms with van der Waals surface area (Å²) in [7, 11) is -5.01. The van der Waals surface area contributed by atoms with Gasteiger partial charge in [0.25, 0.3) is 11.4 Å². The Morgan fingerprint density at radius 1 is 1.04 bits per heavy atom. The molecule has 14 nitrogen and oxygen atoms in total. The van der Waals surface area contributed by atoms with Crippen molar-refractivity contribution in [1.29, 1.82) is 0 Å². The van der Waals surface area contributed by atoms with Gasteiger partial charge in [0.05, 0.1) is 24.9 Å². The summed E-state index contributed by atoms with van der Waals surface area (Å²) in [4.78, 5) is 88.5. The van der Waals surface area contributed by atoms with Gasteiger partial charge in [-0.2, -0.15) is 0 Å². The summed E-state index contributed by atoms with van der Waals surface area (Å²) in [6.45, 7) is 4.65. The first-order valence-corrected chi connectivity index (χ1v) is 19.0. The van der Waals surface area contributed by atoms with E-state index in [4.69, 9.17) is 10.5 Å². The molecule has 0 unspecified atom stereocenters. The van der Waals surface area contributed by atoms with Crippen molar-refractivity contribution in [2.45, 2.75) is 76.6 Å². The molecule has 0 fully saturated rings. The molecule has 0 radical (unpaired) electrons. The van der Waals surface area contributed by atoms with E-state index in [9.17, 15) is 38.3 Å². The van der Waals surface area contributed by atoms with Crippen LogP contribution in [0, 0.1) is 0 Å². The molecule has 0 spiro atoms. The number of carbonyl (C=O) groups excluding carboxylic acids is 5. The van der Waals surface area contributed by atoms with Crippen LogP contribution in [-0.4, -0.2) is 68.7 Å². The predicted octanol–water partition coefficient (Wildman–Crippen LogP) is 3.58. The SMILES string of the molecule is CC(C)c1ccc(COC[C@H](CCC(N)=O)NC(=O)[C@@H]2Cc3cccc4c3N2C(=O)[C@@H](NC(=O)c2cc3cc(C(=O)P(=O)(O)O)ccc3[nH]2)CC4)cc1. The van der Waals surface area contributed by atoms with Gasteiger partial charge in [-0.05, 0) is 71.7 Å². The van der Waals surface area contributed by atoms with Gasteiger partial charge in [-0.1, -0.05) is 56.3 Å². The van der Waals surface area contributed by atoms with Crippen molar-refractivity contribution in [2.24, 2.45) is 5.73 Å². The molecule has 1 aromatic heterocycles. The zero-order valence-electron chi connectivity index (χ0n) is 29.3. The normalized spacial score (nSPS) is 17.4. The maximum Gasteiger partial charge on any atom is 0.396 e. The van der Waals surface area contributed by atoms with E-state index in [1.165, 1.54) is 34.7 Å². The lowest BCUT2D eigenvalue weighted by Gasteiger charge is -2.29. The number of primary amides is 1. The first kappa shape index (κ1) is 37.6. The van der Waals surface area contributed by atoms with E-state index < -0.39 is 54.9 Å². The van der Waals surface area contributed by atoms with Crippen molar-refractivity contribution in [3.63, 3.8) is 0 Å². The summed E-state index contributed by atoms with van der Waals surface area (Å²) in [6.07, 6.45) is 1.24. The molecule has 0 saturated carbocycles. The van der Waals surface area contributed by atoms with Crippen LogP contribution < -0.4 is 21.3 Å². The number of ether oxygens (including phenoxy) is 1. The van der Waals surface area contributed by atoms with Crippen molar-refractivity contribution in [3.8, 4) is 0 Å². The van der Waals surface area contributed by atoms with Crippen molar-refractivity contribution in [1.82, 2.24) is 15.6 Å². The van der Waals surface area contributed by atoms with E-state index in [1.54, 1.807) is 0 Å². The first-order valence-electron chi connectivity index (χ1n) is 17.4. The highest BCUT2D eigenvalue weighted by Crippen LogP contribution is 2.40. The Morgan fingerprint density at radius 3 is 2.47 bits per heavy atom. The third-order valence-corrected chi connectivity index (χ3v) is 10.5. The number of anilines is 1. The van der Waals surface area contributed by atoms with Gasteiger partial charge in [0.1, 0.15) is 17.8 Å². The number of nitrogens with one attached hydrogen (secondary N) is 3. The molecule has 3 atom stereocenters. The van der Waals surface area contributed by atoms with Crippen molar-refractivity contribution in [3.05, 3.63) is 100 Å². The minimum absolute atomic E-state index is 0.0260. The third kappa shape index (κ3) is 8.42. The number of rotatable bonds is 14. The number of para-hydroxylation sites is 1. The van der Waals surface area contributed by atoms with Crippen molar-refractivity contribution >= 4 is 53.3 Å². The number of hydrogen-bond donors (Lipinski definition) is 6. The van der Waals surface area contributed by atoms with Gasteiger partial charge in [0, 0.05) is 29.3 Å². The highest BCUT2D eigenvalue weighted by molar-refractivity contribution is 7.70. The summed E-state index contributed by atoms with van der Waals surface area (Å²) in [5.41, 5.74) is 8.93. The Labute approximate surface area is 305 Å². The fourth-order valence-electron chi connectivity index (χ4n) is 6.90. The molecule has 3 aromatic carbocycles. The molecule has 6 rings (SSSR count). The number of carbonyl (C=O) groups is 5. The number of aryl methyl sites for hydroxylation is 1. The minimum atomic E-state index is -5.01. The monoisotopic (exact) mass is 743 g/mol. The Hall–Kier alpha value is -5.14. The number of aromatic amines is 1. The molecule has 278 valence electrons. The lowest BCUT2D eigenvalue weighted by atomic mass is 10.0. The van der Waals surface area contributed by atoms with E-state index in [0.29, 0.717) is 35.5 Å². The number of amides is 4. The van der Waals surface area contributed by atoms with E-state index in [0.717, 1.165) is 16.7 Å². The van der Waals surface area contributed by atoms with E-state index in [-0.39, 0.29) is 43.5 Å². The summed E-state index contributed by atoms with van der Waals surface area (Å²) >= 11 is 0. The quantitative estimate of drug-likeness (QED) is 0.104. The molecule has 2 aliphatic heterocycles. The number of H-pyrrole nitrogens is 1. The Balaban J connectivity index is 1.17. The van der Waals surface area contributed by atoms with Gasteiger partial charge >= 0.3 is 7.60 Å². The highest BCUT2D eigenvalue weighted by atomic mass is 31.2. The zero-order valence-corrected chi connectivity index (χ0v) is 30.2. The van der Waals surface area contributed by atoms with Crippen LogP contribution in [-0.2, 0) is 43.1 Å². The Bertz CT molecular complexity index is 2120. The van der Waals surface area contributed by atoms with Crippen LogP contribution in [0.15, 0.2) is 66.7 Å². The summed E-state index contributed by atoms with van der Waals surface area (Å²) < 4.78 is 17.4. The fraction of sp³-hybridized carbons (Fsp3) is 0.342. The van der Waals surface area contributed by atoms with Gasteiger partial charge in [0.2, 0.25) is 17.7 Å². The third-order valence-electron chi connectivity index (χ3n) is 9.71. The standard InChI is InChI=1S/C38H42N5O9P/c1-21(2)23-8-6-22(7-9-23)19-52-20-28(12-15-33(39)44)40-36(46)32-18-25-5-3-4-24-10-14-30(37(47)43(32)34(24)25)42-35(45)31-17-27-16-26(11-13-29(27)41-31)38(48)53(49,50)51/h3-9,11,13,16-17,21,28,30,32,41H,10,12,14-15,18-20H2,1-2H3,(H2,39,44)(H,40,46)(H,42,45)(H2,49,50,51)/t28-,30-,32-/m0/s1. The smallest absolute Gasteiger partial charge is 0.375 e. The van der Waals surface area contributed by atoms with Gasteiger partial charge < -0.3 is 35.9 Å². The average molecular weight is 744 g/mol. The van der Waals surface area contributed by atoms with Crippen LogP contribution in [0.5, 0.6) is 0 Å². The number of aromatic nitrogens is 1. The second-order valence-electron chi connectivity index (χ2n) is 13.9. The van der Waals surface area contributed by atoms with Crippen LogP contribution >= 0.6 is 7.60 Å². The summed E-state index contributed by atoms with van der Waals surface area (Å²) in [6, 6.07) is 16.6. The number of nitrogens with two attached hydrogens (primary N) is 1. The maximum atomic E-state index is 14.3. The van der Waals surface area contributed by atoms with Crippen molar-refractivity contribution in [2.75, 3.05) is 11.5 Å². The van der Waals surface area contributed by atoms with E-state index in [1.807, 2.05) is 42.5 Å². The number of hydrogen-bond acceptors (Lipinski definition) is 7. The topological polar surface area (TPSA) is 221 Å². The van der Waals surface area contributed by atoms with Gasteiger partial charge in [-0.3, -0.25) is 33.4 Å². The van der Waals surface area contributed by atoms with Gasteiger partial charge in [0.15, 0.2) is 0 Å². The van der Waals surface area contributed by atoms with Crippen LogP contribution in [0.25, 0.3) is 10.9 Å². The number of fused-ring (bicyclic) bond motifs is 1. The molecule has 0 bridgehead atoms. The molecular weight excluding hydrogens is 701 g/mol. The second-order valence-corrected chi connectivity index (χ2v) is 15.4. The molecule has 4 amide bonds. The van der Waals surface area contributed by atoms with Crippen LogP contribution in [0.2, 0.25) is 0 Å². The maximum absolute atomic E-state index is 14.3. The lowest BCUT2D eigenvalue weighted by Crippen LogP contribution is -2.56. The van der Waals surface area contributed by atoms with Crippen molar-refractivity contribution < 1.29 is 43.1 Å². The van der Waals surface area contributed by atoms with Crippen LogP contribution in [0.3, 0.4) is 0 Å². The zero-order chi connectivity index (χ0) is 38.0. The van der Waals surface area contributed by atoms with E-state index in [2.05, 4.69) is 29.5 Å². The summed E-state index contributed by atoms with van der Waals surface area (Å²) in [5.74, 6) is -1.62. The molecule has 3 heterocycles. The molecule has 15 heteroatoms.